The largest absolute Gasteiger partial charge is 0.418 e. The summed E-state index contributed by atoms with van der Waals surface area (Å²) in [5.41, 5.74) is 0.685. The van der Waals surface area contributed by atoms with Crippen molar-refractivity contribution >= 4 is 22.4 Å². The van der Waals surface area contributed by atoms with Crippen LogP contribution in [0.1, 0.15) is 78.6 Å². The molecule has 0 radical (unpaired) electrons. The summed E-state index contributed by atoms with van der Waals surface area (Å²) in [5.74, 6) is 4.14. The molecule has 0 saturated heterocycles. The molecule has 0 aromatic carbocycles. The van der Waals surface area contributed by atoms with Gasteiger partial charge in [0.2, 0.25) is 0 Å². The molecule has 4 aliphatic rings. The first-order valence-corrected chi connectivity index (χ1v) is 21.3. The van der Waals surface area contributed by atoms with Crippen molar-refractivity contribution in [2.24, 2.45) is 46.3 Å². The summed E-state index contributed by atoms with van der Waals surface area (Å²) < 4.78 is 12.8. The maximum atomic E-state index is 13.8. The number of hydrogen-bond acceptors (Lipinski definition) is 3. The standard InChI is InChI=1S/C29H54O3Si2/c1-20(14-17-31-33(4,5)6)23-10-11-24-27-25(13-16-29(23,24)3)28(2)15-12-22(32-34(7,8)9)18-21(28)19-26(27)30/h20-25,27H,10-19H2,1-9H3/t20-,21+,22?,23-,24+,25+,27+,28+,29-/m1/s1. The third kappa shape index (κ3) is 5.20. The first-order valence-electron chi connectivity index (χ1n) is 14.5. The van der Waals surface area contributed by atoms with Crippen LogP contribution in [-0.2, 0) is 13.6 Å². The second-order valence-electron chi connectivity index (χ2n) is 15.2. The molecule has 4 fully saturated rings. The molecule has 0 heterocycles. The van der Waals surface area contributed by atoms with E-state index < -0.39 is 16.6 Å². The molecule has 5 heteroatoms. The molecule has 0 aromatic rings. The maximum Gasteiger partial charge on any atom is 0.184 e. The minimum absolute atomic E-state index is 0.324. The van der Waals surface area contributed by atoms with E-state index >= 15 is 0 Å². The van der Waals surface area contributed by atoms with Crippen LogP contribution in [-0.4, -0.2) is 35.1 Å². The third-order valence-electron chi connectivity index (χ3n) is 10.8. The zero-order valence-electron chi connectivity index (χ0n) is 23.8. The van der Waals surface area contributed by atoms with Crippen molar-refractivity contribution in [3.05, 3.63) is 0 Å². The summed E-state index contributed by atoms with van der Waals surface area (Å²) in [6.07, 6.45) is 11.2. The highest BCUT2D eigenvalue weighted by molar-refractivity contribution is 6.70. The van der Waals surface area contributed by atoms with Gasteiger partial charge in [-0.1, -0.05) is 20.8 Å². The van der Waals surface area contributed by atoms with Crippen LogP contribution in [0, 0.1) is 46.3 Å². The lowest BCUT2D eigenvalue weighted by Gasteiger charge is -2.60. The fourth-order valence-electron chi connectivity index (χ4n) is 9.23. The zero-order chi connectivity index (χ0) is 25.1. The van der Waals surface area contributed by atoms with E-state index in [4.69, 9.17) is 8.85 Å². The molecule has 0 bridgehead atoms. The van der Waals surface area contributed by atoms with Gasteiger partial charge in [0.25, 0.3) is 0 Å². The third-order valence-corrected chi connectivity index (χ3v) is 12.9. The van der Waals surface area contributed by atoms with E-state index in [1.807, 2.05) is 0 Å². The number of rotatable bonds is 7. The number of fused-ring (bicyclic) bond motifs is 5. The monoisotopic (exact) mass is 506 g/mol. The van der Waals surface area contributed by atoms with Gasteiger partial charge in [0.05, 0.1) is 0 Å². The first kappa shape index (κ1) is 27.1. The molecule has 34 heavy (non-hydrogen) atoms. The summed E-state index contributed by atoms with van der Waals surface area (Å²) >= 11 is 0. The quantitative estimate of drug-likeness (QED) is 0.329. The Morgan fingerprint density at radius 3 is 2.21 bits per heavy atom. The van der Waals surface area contributed by atoms with Crippen LogP contribution < -0.4 is 0 Å². The van der Waals surface area contributed by atoms with Crippen LogP contribution in [0.25, 0.3) is 0 Å². The van der Waals surface area contributed by atoms with Crippen molar-refractivity contribution in [2.45, 2.75) is 124 Å². The Morgan fingerprint density at radius 1 is 0.912 bits per heavy atom. The van der Waals surface area contributed by atoms with E-state index in [9.17, 15) is 4.79 Å². The van der Waals surface area contributed by atoms with Crippen molar-refractivity contribution in [3.8, 4) is 0 Å². The van der Waals surface area contributed by atoms with E-state index in [0.29, 0.717) is 52.3 Å². The van der Waals surface area contributed by atoms with Crippen molar-refractivity contribution in [1.82, 2.24) is 0 Å². The molecule has 4 aliphatic carbocycles. The summed E-state index contributed by atoms with van der Waals surface area (Å²) in [7, 11) is -2.98. The number of carbonyl (C=O) groups is 1. The SMILES string of the molecule is C[C@H](CCO[Si](C)(C)C)[C@H]1CC[C@H]2[C@@H]3C(=O)C[C@@H]4CC(O[Si](C)(C)C)CC[C@]4(C)[C@H]3CC[C@]12C. The van der Waals surface area contributed by atoms with E-state index in [-0.39, 0.29) is 0 Å². The van der Waals surface area contributed by atoms with Gasteiger partial charge >= 0.3 is 0 Å². The molecule has 3 nitrogen and oxygen atoms in total. The summed E-state index contributed by atoms with van der Waals surface area (Å²) in [4.78, 5) is 13.8. The minimum Gasteiger partial charge on any atom is -0.418 e. The van der Waals surface area contributed by atoms with Crippen molar-refractivity contribution in [3.63, 3.8) is 0 Å². The van der Waals surface area contributed by atoms with E-state index in [1.54, 1.807) is 0 Å². The smallest absolute Gasteiger partial charge is 0.184 e. The fraction of sp³-hybridized carbons (Fsp3) is 0.966. The molecule has 4 saturated carbocycles. The van der Waals surface area contributed by atoms with Gasteiger partial charge in [0, 0.05) is 25.0 Å². The molecular formula is C29H54O3Si2. The van der Waals surface area contributed by atoms with E-state index in [1.165, 1.54) is 44.9 Å². The van der Waals surface area contributed by atoms with Crippen LogP contribution in [0.5, 0.6) is 0 Å². The molecule has 0 aromatic heterocycles. The highest BCUT2D eigenvalue weighted by Crippen LogP contribution is 2.67. The number of carbonyl (C=O) groups excluding carboxylic acids is 1. The molecule has 1 unspecified atom stereocenters. The van der Waals surface area contributed by atoms with Crippen LogP contribution in [0.15, 0.2) is 0 Å². The van der Waals surface area contributed by atoms with Crippen LogP contribution in [0.2, 0.25) is 39.3 Å². The molecule has 0 amide bonds. The van der Waals surface area contributed by atoms with Crippen molar-refractivity contribution in [2.75, 3.05) is 6.61 Å². The van der Waals surface area contributed by atoms with Gasteiger partial charge in [-0.2, -0.15) is 0 Å². The molecule has 4 rings (SSSR count). The Balaban J connectivity index is 1.46. The van der Waals surface area contributed by atoms with Gasteiger partial charge in [-0.05, 0) is 131 Å². The average molecular weight is 507 g/mol. The Labute approximate surface area is 212 Å². The topological polar surface area (TPSA) is 35.5 Å². The van der Waals surface area contributed by atoms with Gasteiger partial charge in [0.15, 0.2) is 16.6 Å². The van der Waals surface area contributed by atoms with Crippen molar-refractivity contribution < 1.29 is 13.6 Å². The second-order valence-corrected chi connectivity index (χ2v) is 24.2. The van der Waals surface area contributed by atoms with Gasteiger partial charge in [0.1, 0.15) is 5.78 Å². The number of Topliss-reactive ketones (excluding diaryl/α,β-unsaturated/α-hetero) is 1. The lowest BCUT2D eigenvalue weighted by atomic mass is 9.44. The highest BCUT2D eigenvalue weighted by atomic mass is 28.4. The minimum atomic E-state index is -1.54. The highest BCUT2D eigenvalue weighted by Gasteiger charge is 2.63. The van der Waals surface area contributed by atoms with Gasteiger partial charge < -0.3 is 8.85 Å². The average Bonchev–Trinajstić information content (AvgIpc) is 3.04. The van der Waals surface area contributed by atoms with Crippen LogP contribution in [0.4, 0.5) is 0 Å². The molecule has 0 spiro atoms. The van der Waals surface area contributed by atoms with Crippen LogP contribution >= 0.6 is 0 Å². The predicted molar refractivity (Wildman–Crippen MR) is 147 cm³/mol. The summed E-state index contributed by atoms with van der Waals surface area (Å²) in [6, 6.07) is 0. The Bertz CT molecular complexity index is 755. The molecule has 0 aliphatic heterocycles. The molecule has 0 N–H and O–H groups in total. The van der Waals surface area contributed by atoms with E-state index in [2.05, 4.69) is 60.1 Å². The summed E-state index contributed by atoms with van der Waals surface area (Å²) in [6.45, 7) is 22.3. The molecule has 196 valence electrons. The van der Waals surface area contributed by atoms with Crippen LogP contribution in [0.3, 0.4) is 0 Å². The normalized spacial score (nSPS) is 43.7. The first-order chi connectivity index (χ1) is 15.6. The summed E-state index contributed by atoms with van der Waals surface area (Å²) in [5, 5.41) is 0. The number of hydrogen-bond donors (Lipinski definition) is 0. The van der Waals surface area contributed by atoms with Gasteiger partial charge in [-0.3, -0.25) is 4.79 Å². The fourth-order valence-corrected chi connectivity index (χ4v) is 11.2. The Hall–Kier alpha value is 0.0238. The van der Waals surface area contributed by atoms with Gasteiger partial charge in [-0.15, -0.1) is 0 Å². The predicted octanol–water partition coefficient (Wildman–Crippen LogP) is 7.92. The Kier molecular flexibility index (Phi) is 7.48. The molecule has 9 atom stereocenters. The van der Waals surface area contributed by atoms with E-state index in [0.717, 1.165) is 25.4 Å². The number of ketones is 1. The lowest BCUT2D eigenvalue weighted by Crippen LogP contribution is -2.57. The van der Waals surface area contributed by atoms with Crippen molar-refractivity contribution in [1.29, 1.82) is 0 Å². The maximum absolute atomic E-state index is 13.8. The second kappa shape index (κ2) is 9.40. The molecular weight excluding hydrogens is 452 g/mol. The Morgan fingerprint density at radius 2 is 1.56 bits per heavy atom. The lowest BCUT2D eigenvalue weighted by molar-refractivity contribution is -0.160. The zero-order valence-corrected chi connectivity index (χ0v) is 25.8. The van der Waals surface area contributed by atoms with Gasteiger partial charge in [-0.25, -0.2) is 0 Å².